The molecule has 0 heterocycles. The lowest BCUT2D eigenvalue weighted by atomic mass is 9.84. The van der Waals surface area contributed by atoms with Gasteiger partial charge in [-0.3, -0.25) is 0 Å². The number of methoxy groups -OCH3 is 1. The Morgan fingerprint density at radius 3 is 1.70 bits per heavy atom. The standard InChI is InChI=1S/C20H28O2Si/c1-20(21,23(3,4)5)18(16-12-8-6-9-13-16)19(22-2)17-14-10-7-11-15-17/h6-15,18-19,21H,1-5H3/t18-,19-,20-/m1/s1. The van der Waals surface area contributed by atoms with Crippen molar-refractivity contribution in [2.45, 2.75) is 43.8 Å². The molecule has 0 aromatic heterocycles. The summed E-state index contributed by atoms with van der Waals surface area (Å²) < 4.78 is 5.90. The first-order chi connectivity index (χ1) is 10.8. The third-order valence-corrected chi connectivity index (χ3v) is 8.32. The highest BCUT2D eigenvalue weighted by Gasteiger charge is 2.48. The SMILES string of the molecule is CO[C@H](c1ccccc1)[C@@H](c1ccccc1)[C@](C)(O)[Si](C)(C)C. The van der Waals surface area contributed by atoms with Gasteiger partial charge in [0.2, 0.25) is 0 Å². The largest absolute Gasteiger partial charge is 0.393 e. The van der Waals surface area contributed by atoms with E-state index in [1.165, 1.54) is 0 Å². The average Bonchev–Trinajstić information content (AvgIpc) is 2.52. The molecule has 2 rings (SSSR count). The molecule has 2 aromatic rings. The molecule has 2 nitrogen and oxygen atoms in total. The van der Waals surface area contributed by atoms with Crippen LogP contribution in [0.3, 0.4) is 0 Å². The molecule has 0 radical (unpaired) electrons. The summed E-state index contributed by atoms with van der Waals surface area (Å²) in [6.07, 6.45) is -0.180. The van der Waals surface area contributed by atoms with Gasteiger partial charge in [0.25, 0.3) is 0 Å². The Kier molecular flexibility index (Phi) is 5.45. The molecule has 0 fully saturated rings. The van der Waals surface area contributed by atoms with Crippen molar-refractivity contribution in [1.29, 1.82) is 0 Å². The van der Waals surface area contributed by atoms with Crippen LogP contribution in [0.2, 0.25) is 19.6 Å². The van der Waals surface area contributed by atoms with Crippen molar-refractivity contribution in [3.05, 3.63) is 71.8 Å². The van der Waals surface area contributed by atoms with Crippen LogP contribution in [0.5, 0.6) is 0 Å². The van der Waals surface area contributed by atoms with Crippen LogP contribution in [0.15, 0.2) is 60.7 Å². The Labute approximate surface area is 141 Å². The Bertz CT molecular complexity index is 603. The maximum Gasteiger partial charge on any atom is 0.0914 e. The van der Waals surface area contributed by atoms with E-state index < -0.39 is 13.3 Å². The first-order valence-corrected chi connectivity index (χ1v) is 11.6. The molecule has 0 saturated carbocycles. The topological polar surface area (TPSA) is 29.5 Å². The van der Waals surface area contributed by atoms with Crippen LogP contribution in [0.1, 0.15) is 30.1 Å². The van der Waals surface area contributed by atoms with Crippen LogP contribution in [-0.4, -0.2) is 25.5 Å². The van der Waals surface area contributed by atoms with Crippen molar-refractivity contribution < 1.29 is 9.84 Å². The zero-order chi connectivity index (χ0) is 17.1. The lowest BCUT2D eigenvalue weighted by molar-refractivity contribution is 0.00140. The van der Waals surface area contributed by atoms with Crippen molar-refractivity contribution in [2.75, 3.05) is 7.11 Å². The maximum atomic E-state index is 11.5. The predicted octanol–water partition coefficient (Wildman–Crippen LogP) is 4.79. The van der Waals surface area contributed by atoms with Crippen LogP contribution >= 0.6 is 0 Å². The van der Waals surface area contributed by atoms with Gasteiger partial charge in [0, 0.05) is 13.0 Å². The summed E-state index contributed by atoms with van der Waals surface area (Å²) in [5.41, 5.74) is 2.22. The van der Waals surface area contributed by atoms with Gasteiger partial charge in [-0.05, 0) is 18.1 Å². The third kappa shape index (κ3) is 3.74. The summed E-state index contributed by atoms with van der Waals surface area (Å²) in [6.45, 7) is 8.60. The van der Waals surface area contributed by atoms with E-state index in [-0.39, 0.29) is 12.0 Å². The van der Waals surface area contributed by atoms with Crippen LogP contribution in [-0.2, 0) is 4.74 Å². The first-order valence-electron chi connectivity index (χ1n) is 8.14. The van der Waals surface area contributed by atoms with Crippen molar-refractivity contribution >= 4 is 8.07 Å². The van der Waals surface area contributed by atoms with E-state index in [9.17, 15) is 5.11 Å². The second-order valence-electron chi connectivity index (χ2n) is 7.35. The van der Waals surface area contributed by atoms with E-state index in [0.29, 0.717) is 0 Å². The van der Waals surface area contributed by atoms with Crippen LogP contribution in [0.4, 0.5) is 0 Å². The molecule has 0 aliphatic carbocycles. The molecule has 1 N–H and O–H groups in total. The number of aliphatic hydroxyl groups is 1. The van der Waals surface area contributed by atoms with Gasteiger partial charge in [-0.1, -0.05) is 80.3 Å². The highest BCUT2D eigenvalue weighted by atomic mass is 28.3. The summed E-state index contributed by atoms with van der Waals surface area (Å²) in [4.78, 5) is 0. The highest BCUT2D eigenvalue weighted by Crippen LogP contribution is 2.45. The Hall–Kier alpha value is -1.42. The second kappa shape index (κ2) is 6.99. The molecule has 3 heteroatoms. The monoisotopic (exact) mass is 328 g/mol. The minimum atomic E-state index is -1.87. The molecule has 3 atom stereocenters. The molecule has 0 amide bonds. The third-order valence-electron chi connectivity index (χ3n) is 4.97. The fourth-order valence-corrected chi connectivity index (χ4v) is 4.28. The summed E-state index contributed by atoms with van der Waals surface area (Å²) in [5, 5.41) is 10.7. The van der Waals surface area contributed by atoms with Gasteiger partial charge in [0.05, 0.1) is 19.4 Å². The van der Waals surface area contributed by atoms with Crippen LogP contribution < -0.4 is 0 Å². The number of rotatable bonds is 6. The van der Waals surface area contributed by atoms with Crippen molar-refractivity contribution in [1.82, 2.24) is 0 Å². The normalized spacial score (nSPS) is 17.3. The average molecular weight is 329 g/mol. The minimum Gasteiger partial charge on any atom is -0.393 e. The Morgan fingerprint density at radius 2 is 1.30 bits per heavy atom. The quantitative estimate of drug-likeness (QED) is 0.773. The number of hydrogen-bond donors (Lipinski definition) is 1. The van der Waals surface area contributed by atoms with Crippen molar-refractivity contribution in [2.24, 2.45) is 0 Å². The van der Waals surface area contributed by atoms with E-state index in [1.807, 2.05) is 43.3 Å². The summed E-state index contributed by atoms with van der Waals surface area (Å²) in [6, 6.07) is 20.4. The molecular formula is C20H28O2Si. The Morgan fingerprint density at radius 1 is 0.870 bits per heavy atom. The van der Waals surface area contributed by atoms with Crippen LogP contribution in [0.25, 0.3) is 0 Å². The summed E-state index contributed by atoms with van der Waals surface area (Å²) >= 11 is 0. The molecule has 23 heavy (non-hydrogen) atoms. The fourth-order valence-electron chi connectivity index (χ4n) is 3.03. The van der Waals surface area contributed by atoms with Crippen molar-refractivity contribution in [3.8, 4) is 0 Å². The summed E-state index contributed by atoms with van der Waals surface area (Å²) in [7, 11) is -0.137. The number of benzene rings is 2. The fraction of sp³-hybridized carbons (Fsp3) is 0.400. The zero-order valence-electron chi connectivity index (χ0n) is 14.8. The second-order valence-corrected chi connectivity index (χ2v) is 12.9. The first kappa shape index (κ1) is 17.9. The van der Waals surface area contributed by atoms with Gasteiger partial charge in [0.15, 0.2) is 0 Å². The smallest absolute Gasteiger partial charge is 0.0914 e. The lowest BCUT2D eigenvalue weighted by Crippen LogP contribution is -2.55. The number of hydrogen-bond acceptors (Lipinski definition) is 2. The molecule has 124 valence electrons. The van der Waals surface area contributed by atoms with E-state index >= 15 is 0 Å². The van der Waals surface area contributed by atoms with Crippen LogP contribution in [0, 0.1) is 0 Å². The van der Waals surface area contributed by atoms with E-state index in [1.54, 1.807) is 7.11 Å². The zero-order valence-corrected chi connectivity index (χ0v) is 15.8. The van der Waals surface area contributed by atoms with E-state index in [0.717, 1.165) is 11.1 Å². The molecule has 0 aliphatic heterocycles. The van der Waals surface area contributed by atoms with Gasteiger partial charge in [-0.2, -0.15) is 0 Å². The molecule has 0 spiro atoms. The van der Waals surface area contributed by atoms with Gasteiger partial charge < -0.3 is 9.84 Å². The molecule has 0 unspecified atom stereocenters. The Balaban J connectivity index is 2.58. The molecule has 0 bridgehead atoms. The number of ether oxygens (including phenoxy) is 1. The van der Waals surface area contributed by atoms with Crippen molar-refractivity contribution in [3.63, 3.8) is 0 Å². The van der Waals surface area contributed by atoms with Gasteiger partial charge in [-0.25, -0.2) is 0 Å². The molecular weight excluding hydrogens is 300 g/mol. The molecule has 2 aromatic carbocycles. The minimum absolute atomic E-state index is 0.109. The van der Waals surface area contributed by atoms with Gasteiger partial charge in [0.1, 0.15) is 0 Å². The maximum absolute atomic E-state index is 11.5. The molecule has 0 aliphatic rings. The predicted molar refractivity (Wildman–Crippen MR) is 99.3 cm³/mol. The summed E-state index contributed by atoms with van der Waals surface area (Å²) in [5.74, 6) is -0.109. The molecule has 0 saturated heterocycles. The highest BCUT2D eigenvalue weighted by molar-refractivity contribution is 6.79. The van der Waals surface area contributed by atoms with Gasteiger partial charge >= 0.3 is 0 Å². The van der Waals surface area contributed by atoms with E-state index in [2.05, 4.69) is 43.9 Å². The lowest BCUT2D eigenvalue weighted by Gasteiger charge is -2.45. The van der Waals surface area contributed by atoms with E-state index in [4.69, 9.17) is 4.74 Å². The van der Waals surface area contributed by atoms with Gasteiger partial charge in [-0.15, -0.1) is 0 Å².